The average molecular weight is 271 g/mol. The molecule has 1 aliphatic heterocycles. The molecule has 90 valence electrons. The summed E-state index contributed by atoms with van der Waals surface area (Å²) in [5.74, 6) is 0.900. The number of carbonyl (C=O) groups excluding carboxylic acids is 1. The monoisotopic (exact) mass is 270 g/mol. The van der Waals surface area contributed by atoms with Gasteiger partial charge in [-0.1, -0.05) is 23.2 Å². The lowest BCUT2D eigenvalue weighted by Crippen LogP contribution is -2.28. The molecule has 17 heavy (non-hydrogen) atoms. The molecule has 1 N–H and O–H groups in total. The zero-order valence-electron chi connectivity index (χ0n) is 9.17. The van der Waals surface area contributed by atoms with Crippen molar-refractivity contribution in [2.75, 3.05) is 13.1 Å². The lowest BCUT2D eigenvalue weighted by molar-refractivity contribution is 0.0996. The van der Waals surface area contributed by atoms with Crippen LogP contribution in [0.1, 0.15) is 23.2 Å². The third-order valence-electron chi connectivity index (χ3n) is 2.57. The van der Waals surface area contributed by atoms with Gasteiger partial charge in [0.25, 0.3) is 0 Å². The van der Waals surface area contributed by atoms with Crippen molar-refractivity contribution in [3.63, 3.8) is 0 Å². The molecule has 0 saturated carbocycles. The minimum Gasteiger partial charge on any atom is -0.366 e. The van der Waals surface area contributed by atoms with Gasteiger partial charge in [0, 0.05) is 18.5 Å². The summed E-state index contributed by atoms with van der Waals surface area (Å²) in [7, 11) is 0. The molecule has 1 aromatic rings. The molecule has 0 saturated heterocycles. The van der Waals surface area contributed by atoms with Crippen LogP contribution >= 0.6 is 23.2 Å². The van der Waals surface area contributed by atoms with E-state index in [4.69, 9.17) is 23.2 Å². The molecular formula is C12H12Cl2N2O. The number of hydrogen-bond acceptors (Lipinski definition) is 3. The Hall–Kier alpha value is -1.06. The standard InChI is InChI=1S/C12H12Cl2N2O/c13-9-4-3-8(6-10(9)14)11(17)7-16-12-2-1-5-15-12/h3-4,6H,1-2,5,7H2,(H,15,16). The Morgan fingerprint density at radius 3 is 2.82 bits per heavy atom. The van der Waals surface area contributed by atoms with Crippen LogP contribution in [0.5, 0.6) is 0 Å². The molecule has 0 spiro atoms. The first-order valence-corrected chi connectivity index (χ1v) is 6.18. The van der Waals surface area contributed by atoms with Crippen molar-refractivity contribution < 1.29 is 4.79 Å². The molecule has 0 radical (unpaired) electrons. The zero-order chi connectivity index (χ0) is 12.3. The van der Waals surface area contributed by atoms with Crippen LogP contribution in [0.4, 0.5) is 0 Å². The van der Waals surface area contributed by atoms with Gasteiger partial charge in [0.15, 0.2) is 5.78 Å². The van der Waals surface area contributed by atoms with Gasteiger partial charge in [-0.3, -0.25) is 9.79 Å². The third-order valence-corrected chi connectivity index (χ3v) is 3.31. The quantitative estimate of drug-likeness (QED) is 0.859. The van der Waals surface area contributed by atoms with E-state index in [0.29, 0.717) is 15.6 Å². The Labute approximate surface area is 110 Å². The Morgan fingerprint density at radius 1 is 1.35 bits per heavy atom. The molecule has 0 atom stereocenters. The van der Waals surface area contributed by atoms with E-state index in [-0.39, 0.29) is 12.3 Å². The highest BCUT2D eigenvalue weighted by Crippen LogP contribution is 2.22. The fraction of sp³-hybridized carbons (Fsp3) is 0.333. The molecule has 5 heteroatoms. The minimum absolute atomic E-state index is 0.0156. The number of Topliss-reactive ketones (excluding diaryl/α,β-unsaturated/α-hetero) is 1. The summed E-state index contributed by atoms with van der Waals surface area (Å²) in [6, 6.07) is 4.89. The first-order valence-electron chi connectivity index (χ1n) is 5.42. The van der Waals surface area contributed by atoms with Crippen LogP contribution in [0.15, 0.2) is 23.2 Å². The summed E-state index contributed by atoms with van der Waals surface area (Å²) >= 11 is 11.6. The second-order valence-electron chi connectivity index (χ2n) is 3.84. The van der Waals surface area contributed by atoms with Crippen LogP contribution in [0, 0.1) is 0 Å². The Bertz CT molecular complexity index is 472. The zero-order valence-corrected chi connectivity index (χ0v) is 10.7. The first-order chi connectivity index (χ1) is 8.16. The number of halogens is 2. The molecule has 0 fully saturated rings. The van der Waals surface area contributed by atoms with Gasteiger partial charge in [0.2, 0.25) is 0 Å². The molecule has 0 bridgehead atoms. The van der Waals surface area contributed by atoms with Crippen molar-refractivity contribution in [1.29, 1.82) is 0 Å². The van der Waals surface area contributed by atoms with Crippen molar-refractivity contribution in [3.05, 3.63) is 33.8 Å². The average Bonchev–Trinajstić information content (AvgIpc) is 2.82. The Kier molecular flexibility index (Phi) is 4.02. The maximum Gasteiger partial charge on any atom is 0.181 e. The number of carbonyl (C=O) groups is 1. The van der Waals surface area contributed by atoms with Gasteiger partial charge in [0.05, 0.1) is 22.4 Å². The van der Waals surface area contributed by atoms with Crippen LogP contribution in [-0.4, -0.2) is 24.7 Å². The highest BCUT2D eigenvalue weighted by Gasteiger charge is 2.10. The highest BCUT2D eigenvalue weighted by molar-refractivity contribution is 6.42. The fourth-order valence-corrected chi connectivity index (χ4v) is 1.94. The number of rotatable bonds is 3. The van der Waals surface area contributed by atoms with E-state index < -0.39 is 0 Å². The number of hydrogen-bond donors (Lipinski definition) is 1. The SMILES string of the molecule is O=C(CNC1=NCCC1)c1ccc(Cl)c(Cl)c1. The maximum absolute atomic E-state index is 11.8. The van der Waals surface area contributed by atoms with Gasteiger partial charge in [-0.05, 0) is 24.6 Å². The molecule has 2 rings (SSSR count). The molecule has 0 unspecified atom stereocenters. The predicted molar refractivity (Wildman–Crippen MR) is 70.3 cm³/mol. The summed E-state index contributed by atoms with van der Waals surface area (Å²) in [4.78, 5) is 16.1. The Balaban J connectivity index is 1.97. The van der Waals surface area contributed by atoms with Crippen LogP contribution in [-0.2, 0) is 0 Å². The molecule has 0 amide bonds. The molecule has 1 heterocycles. The molecule has 3 nitrogen and oxygen atoms in total. The Morgan fingerprint density at radius 2 is 2.18 bits per heavy atom. The van der Waals surface area contributed by atoms with Gasteiger partial charge in [-0.15, -0.1) is 0 Å². The van der Waals surface area contributed by atoms with Gasteiger partial charge < -0.3 is 5.32 Å². The van der Waals surface area contributed by atoms with E-state index in [1.165, 1.54) is 0 Å². The second kappa shape index (κ2) is 5.52. The van der Waals surface area contributed by atoms with E-state index in [1.807, 2.05) is 0 Å². The normalized spacial score (nSPS) is 14.6. The fourth-order valence-electron chi connectivity index (χ4n) is 1.64. The van der Waals surface area contributed by atoms with Gasteiger partial charge >= 0.3 is 0 Å². The van der Waals surface area contributed by atoms with Crippen LogP contribution < -0.4 is 5.32 Å². The number of nitrogens with one attached hydrogen (secondary N) is 1. The van der Waals surface area contributed by atoms with Gasteiger partial charge in [0.1, 0.15) is 0 Å². The molecule has 1 aromatic carbocycles. The van der Waals surface area contributed by atoms with E-state index in [2.05, 4.69) is 10.3 Å². The number of aliphatic imine (C=N–C) groups is 1. The maximum atomic E-state index is 11.8. The van der Waals surface area contributed by atoms with Crippen molar-refractivity contribution >= 4 is 34.8 Å². The molecular weight excluding hydrogens is 259 g/mol. The summed E-state index contributed by atoms with van der Waals surface area (Å²) < 4.78 is 0. The molecule has 0 aromatic heterocycles. The third kappa shape index (κ3) is 3.20. The van der Waals surface area contributed by atoms with Gasteiger partial charge in [-0.2, -0.15) is 0 Å². The summed E-state index contributed by atoms with van der Waals surface area (Å²) in [5, 5.41) is 3.89. The van der Waals surface area contributed by atoms with E-state index in [0.717, 1.165) is 25.2 Å². The summed E-state index contributed by atoms with van der Waals surface area (Å²) in [6.07, 6.45) is 1.98. The van der Waals surface area contributed by atoms with E-state index >= 15 is 0 Å². The predicted octanol–water partition coefficient (Wildman–Crippen LogP) is 2.96. The van der Waals surface area contributed by atoms with Crippen LogP contribution in [0.2, 0.25) is 10.0 Å². The molecule has 1 aliphatic rings. The first kappa shape index (κ1) is 12.4. The van der Waals surface area contributed by atoms with Gasteiger partial charge in [-0.25, -0.2) is 0 Å². The highest BCUT2D eigenvalue weighted by atomic mass is 35.5. The summed E-state index contributed by atoms with van der Waals surface area (Å²) in [6.45, 7) is 1.10. The smallest absolute Gasteiger partial charge is 0.181 e. The lowest BCUT2D eigenvalue weighted by atomic mass is 10.1. The number of amidine groups is 1. The topological polar surface area (TPSA) is 41.5 Å². The number of ketones is 1. The summed E-state index contributed by atoms with van der Waals surface area (Å²) in [5.41, 5.74) is 0.561. The van der Waals surface area contributed by atoms with E-state index in [1.54, 1.807) is 18.2 Å². The van der Waals surface area contributed by atoms with Crippen molar-refractivity contribution in [3.8, 4) is 0 Å². The van der Waals surface area contributed by atoms with Crippen LogP contribution in [0.25, 0.3) is 0 Å². The van der Waals surface area contributed by atoms with E-state index in [9.17, 15) is 4.79 Å². The molecule has 0 aliphatic carbocycles. The minimum atomic E-state index is -0.0156. The van der Waals surface area contributed by atoms with Crippen molar-refractivity contribution in [1.82, 2.24) is 5.32 Å². The number of benzene rings is 1. The van der Waals surface area contributed by atoms with Crippen molar-refractivity contribution in [2.24, 2.45) is 4.99 Å². The van der Waals surface area contributed by atoms with Crippen molar-refractivity contribution in [2.45, 2.75) is 12.8 Å². The lowest BCUT2D eigenvalue weighted by Gasteiger charge is -2.05. The number of nitrogens with zero attached hydrogens (tertiary/aromatic N) is 1. The largest absolute Gasteiger partial charge is 0.366 e. The van der Waals surface area contributed by atoms with Crippen LogP contribution in [0.3, 0.4) is 0 Å². The second-order valence-corrected chi connectivity index (χ2v) is 4.65.